The van der Waals surface area contributed by atoms with Gasteiger partial charge in [0.2, 0.25) is 0 Å². The van der Waals surface area contributed by atoms with Crippen molar-refractivity contribution < 1.29 is 14.3 Å². The molecule has 1 saturated heterocycles. The number of nitrogens with one attached hydrogen (secondary N) is 1. The maximum atomic E-state index is 12.5. The Morgan fingerprint density at radius 2 is 2.20 bits per heavy atom. The SMILES string of the molecule is COC(=O)C(CN1CCOCC1C)(NC(C)C)C1CC1. The minimum atomic E-state index is -0.561. The molecule has 2 unspecified atom stereocenters. The van der Waals surface area contributed by atoms with Gasteiger partial charge in [-0.15, -0.1) is 0 Å². The first-order chi connectivity index (χ1) is 9.49. The predicted molar refractivity (Wildman–Crippen MR) is 77.6 cm³/mol. The third kappa shape index (κ3) is 3.32. The Labute approximate surface area is 122 Å². The van der Waals surface area contributed by atoms with Crippen LogP contribution in [-0.2, 0) is 14.3 Å². The molecule has 0 bridgehead atoms. The summed E-state index contributed by atoms with van der Waals surface area (Å²) in [5, 5.41) is 3.52. The van der Waals surface area contributed by atoms with Crippen LogP contribution in [0.5, 0.6) is 0 Å². The fourth-order valence-corrected chi connectivity index (χ4v) is 3.17. The van der Waals surface area contributed by atoms with Crippen LogP contribution in [0.25, 0.3) is 0 Å². The van der Waals surface area contributed by atoms with Gasteiger partial charge in [-0.05, 0) is 39.5 Å². The maximum Gasteiger partial charge on any atom is 0.327 e. The Balaban J connectivity index is 2.17. The molecule has 0 aromatic rings. The Hall–Kier alpha value is -0.650. The van der Waals surface area contributed by atoms with Crippen molar-refractivity contribution in [2.24, 2.45) is 5.92 Å². The van der Waals surface area contributed by atoms with Crippen molar-refractivity contribution in [3.05, 3.63) is 0 Å². The highest BCUT2D eigenvalue weighted by Crippen LogP contribution is 2.41. The highest BCUT2D eigenvalue weighted by atomic mass is 16.5. The molecule has 2 aliphatic rings. The zero-order valence-electron chi connectivity index (χ0n) is 13.1. The molecule has 20 heavy (non-hydrogen) atoms. The number of morpholine rings is 1. The predicted octanol–water partition coefficient (Wildman–Crippen LogP) is 1.03. The summed E-state index contributed by atoms with van der Waals surface area (Å²) in [4.78, 5) is 14.8. The van der Waals surface area contributed by atoms with Crippen molar-refractivity contribution in [1.29, 1.82) is 0 Å². The number of esters is 1. The number of rotatable bonds is 6. The van der Waals surface area contributed by atoms with Gasteiger partial charge < -0.3 is 9.47 Å². The van der Waals surface area contributed by atoms with Gasteiger partial charge in [-0.1, -0.05) is 0 Å². The molecular weight excluding hydrogens is 256 g/mol. The molecule has 1 heterocycles. The first-order valence-corrected chi connectivity index (χ1v) is 7.67. The molecular formula is C15H28N2O3. The van der Waals surface area contributed by atoms with Gasteiger partial charge in [0.15, 0.2) is 0 Å². The summed E-state index contributed by atoms with van der Waals surface area (Å²) in [6.07, 6.45) is 2.21. The zero-order chi connectivity index (χ0) is 14.8. The molecule has 0 radical (unpaired) electrons. The lowest BCUT2D eigenvalue weighted by Crippen LogP contribution is -2.65. The molecule has 0 aromatic carbocycles. The molecule has 1 saturated carbocycles. The average molecular weight is 284 g/mol. The molecule has 1 aliphatic heterocycles. The largest absolute Gasteiger partial charge is 0.468 e. The van der Waals surface area contributed by atoms with E-state index in [0.29, 0.717) is 18.5 Å². The van der Waals surface area contributed by atoms with Crippen LogP contribution < -0.4 is 5.32 Å². The highest BCUT2D eigenvalue weighted by Gasteiger charge is 2.53. The van der Waals surface area contributed by atoms with Gasteiger partial charge in [0.25, 0.3) is 0 Å². The highest BCUT2D eigenvalue weighted by molar-refractivity contribution is 5.82. The summed E-state index contributed by atoms with van der Waals surface area (Å²) in [5.41, 5.74) is -0.561. The number of hydrogen-bond acceptors (Lipinski definition) is 5. The minimum Gasteiger partial charge on any atom is -0.468 e. The van der Waals surface area contributed by atoms with Crippen molar-refractivity contribution in [2.75, 3.05) is 33.4 Å². The first-order valence-electron chi connectivity index (χ1n) is 7.67. The van der Waals surface area contributed by atoms with E-state index in [-0.39, 0.29) is 12.0 Å². The van der Waals surface area contributed by atoms with Crippen LogP contribution in [-0.4, -0.2) is 61.9 Å². The van der Waals surface area contributed by atoms with Crippen LogP contribution in [0.3, 0.4) is 0 Å². The number of carbonyl (C=O) groups is 1. The van der Waals surface area contributed by atoms with Crippen molar-refractivity contribution >= 4 is 5.97 Å². The van der Waals surface area contributed by atoms with Gasteiger partial charge >= 0.3 is 5.97 Å². The van der Waals surface area contributed by atoms with E-state index in [9.17, 15) is 4.79 Å². The van der Waals surface area contributed by atoms with E-state index in [1.165, 1.54) is 7.11 Å². The second kappa shape index (κ2) is 6.41. The summed E-state index contributed by atoms with van der Waals surface area (Å²) in [6, 6.07) is 0.603. The van der Waals surface area contributed by atoms with E-state index in [0.717, 1.165) is 32.6 Å². The van der Waals surface area contributed by atoms with Crippen molar-refractivity contribution in [2.45, 2.75) is 51.2 Å². The van der Waals surface area contributed by atoms with E-state index in [2.05, 4.69) is 31.0 Å². The molecule has 1 N–H and O–H groups in total. The lowest BCUT2D eigenvalue weighted by Gasteiger charge is -2.42. The summed E-state index contributed by atoms with van der Waals surface area (Å²) in [6.45, 7) is 9.41. The molecule has 2 fully saturated rings. The van der Waals surface area contributed by atoms with Crippen molar-refractivity contribution in [3.63, 3.8) is 0 Å². The molecule has 0 amide bonds. The number of hydrogen-bond donors (Lipinski definition) is 1. The quantitative estimate of drug-likeness (QED) is 0.738. The Kier molecular flexibility index (Phi) is 5.04. The molecule has 2 rings (SSSR count). The van der Waals surface area contributed by atoms with E-state index in [4.69, 9.17) is 9.47 Å². The Bertz CT molecular complexity index is 344. The van der Waals surface area contributed by atoms with E-state index in [1.54, 1.807) is 0 Å². The maximum absolute atomic E-state index is 12.5. The second-order valence-electron chi connectivity index (χ2n) is 6.43. The van der Waals surface area contributed by atoms with Crippen molar-refractivity contribution in [3.8, 4) is 0 Å². The van der Waals surface area contributed by atoms with Crippen LogP contribution in [0.15, 0.2) is 0 Å². The fraction of sp³-hybridized carbons (Fsp3) is 0.933. The third-order valence-electron chi connectivity index (χ3n) is 4.33. The monoisotopic (exact) mass is 284 g/mol. The number of methoxy groups -OCH3 is 1. The standard InChI is InChI=1S/C15H28N2O3/c1-11(2)16-15(13-5-6-13,14(18)19-4)10-17-7-8-20-9-12(17)3/h11-13,16H,5-10H2,1-4H3. The normalized spacial score (nSPS) is 27.4. The average Bonchev–Trinajstić information content (AvgIpc) is 3.23. The molecule has 2 atom stereocenters. The van der Waals surface area contributed by atoms with E-state index >= 15 is 0 Å². The molecule has 5 nitrogen and oxygen atoms in total. The Morgan fingerprint density at radius 3 is 2.70 bits per heavy atom. The lowest BCUT2D eigenvalue weighted by molar-refractivity contribution is -0.152. The molecule has 0 aromatic heterocycles. The molecule has 1 aliphatic carbocycles. The zero-order valence-corrected chi connectivity index (χ0v) is 13.1. The topological polar surface area (TPSA) is 50.8 Å². The summed E-state index contributed by atoms with van der Waals surface area (Å²) in [5.74, 6) is 0.278. The summed E-state index contributed by atoms with van der Waals surface area (Å²) >= 11 is 0. The minimum absolute atomic E-state index is 0.118. The molecule has 5 heteroatoms. The fourth-order valence-electron chi connectivity index (χ4n) is 3.17. The van der Waals surface area contributed by atoms with Gasteiger partial charge in [0, 0.05) is 25.2 Å². The van der Waals surface area contributed by atoms with Gasteiger partial charge in [-0.25, -0.2) is 4.79 Å². The molecule has 116 valence electrons. The Morgan fingerprint density at radius 1 is 1.50 bits per heavy atom. The van der Waals surface area contributed by atoms with Crippen LogP contribution in [0.2, 0.25) is 0 Å². The summed E-state index contributed by atoms with van der Waals surface area (Å²) < 4.78 is 10.6. The van der Waals surface area contributed by atoms with Gasteiger partial charge in [0.1, 0.15) is 5.54 Å². The lowest BCUT2D eigenvalue weighted by atomic mass is 9.90. The number of ether oxygens (including phenoxy) is 2. The van der Waals surface area contributed by atoms with Gasteiger partial charge in [-0.2, -0.15) is 0 Å². The van der Waals surface area contributed by atoms with Gasteiger partial charge in [0.05, 0.1) is 20.3 Å². The van der Waals surface area contributed by atoms with E-state index in [1.807, 2.05) is 0 Å². The van der Waals surface area contributed by atoms with Crippen LogP contribution >= 0.6 is 0 Å². The third-order valence-corrected chi connectivity index (χ3v) is 4.33. The van der Waals surface area contributed by atoms with Crippen molar-refractivity contribution in [1.82, 2.24) is 10.2 Å². The molecule has 0 spiro atoms. The van der Waals surface area contributed by atoms with Crippen LogP contribution in [0, 0.1) is 5.92 Å². The number of nitrogens with zero attached hydrogens (tertiary/aromatic N) is 1. The first kappa shape index (κ1) is 15.7. The van der Waals surface area contributed by atoms with Crippen LogP contribution in [0.1, 0.15) is 33.6 Å². The number of carbonyl (C=O) groups excluding carboxylic acids is 1. The van der Waals surface area contributed by atoms with Gasteiger partial charge in [-0.3, -0.25) is 10.2 Å². The second-order valence-corrected chi connectivity index (χ2v) is 6.43. The van der Waals surface area contributed by atoms with Crippen LogP contribution in [0.4, 0.5) is 0 Å². The summed E-state index contributed by atoms with van der Waals surface area (Å²) in [7, 11) is 1.49. The van der Waals surface area contributed by atoms with E-state index < -0.39 is 5.54 Å². The smallest absolute Gasteiger partial charge is 0.327 e.